The van der Waals surface area contributed by atoms with Gasteiger partial charge in [-0.05, 0) is 18.6 Å². The Morgan fingerprint density at radius 2 is 2.20 bits per heavy atom. The molecule has 3 rings (SSSR count). The zero-order valence-electron chi connectivity index (χ0n) is 13.4. The summed E-state index contributed by atoms with van der Waals surface area (Å²) >= 11 is 0. The van der Waals surface area contributed by atoms with Crippen LogP contribution in [0.1, 0.15) is 33.2 Å². The van der Waals surface area contributed by atoms with Crippen molar-refractivity contribution in [3.05, 3.63) is 47.9 Å². The number of aromatic amines is 1. The third-order valence-electron chi connectivity index (χ3n) is 3.41. The number of nitrogens with one attached hydrogen (secondary N) is 2. The fourth-order valence-electron chi connectivity index (χ4n) is 2.16. The summed E-state index contributed by atoms with van der Waals surface area (Å²) in [7, 11) is 1.30. The van der Waals surface area contributed by atoms with E-state index in [0.29, 0.717) is 36.7 Å². The molecule has 9 heteroatoms. The van der Waals surface area contributed by atoms with Crippen LogP contribution < -0.4 is 5.32 Å². The largest absolute Gasteiger partial charge is 0.464 e. The number of ether oxygens (including phenoxy) is 1. The lowest BCUT2D eigenvalue weighted by molar-refractivity contribution is 0.0594. The second-order valence-electron chi connectivity index (χ2n) is 5.14. The van der Waals surface area contributed by atoms with Gasteiger partial charge in [-0.3, -0.25) is 4.79 Å². The number of H-pyrrole nitrogens is 1. The molecule has 3 aromatic heterocycles. The first-order chi connectivity index (χ1) is 12.2. The molecule has 3 aromatic rings. The van der Waals surface area contributed by atoms with Crippen LogP contribution >= 0.6 is 0 Å². The number of methoxy groups -OCH3 is 1. The van der Waals surface area contributed by atoms with Crippen molar-refractivity contribution < 1.29 is 23.3 Å². The van der Waals surface area contributed by atoms with Gasteiger partial charge in [-0.15, -0.1) is 0 Å². The maximum Gasteiger partial charge on any atom is 0.358 e. The number of hydrogen-bond donors (Lipinski definition) is 2. The highest BCUT2D eigenvalue weighted by Crippen LogP contribution is 2.20. The number of carbonyl (C=O) groups is 2. The molecular formula is C16H16N4O5. The number of esters is 1. The van der Waals surface area contributed by atoms with Crippen molar-refractivity contribution >= 4 is 11.9 Å². The third kappa shape index (κ3) is 3.94. The highest BCUT2D eigenvalue weighted by molar-refractivity contribution is 5.92. The van der Waals surface area contributed by atoms with E-state index >= 15 is 0 Å². The van der Waals surface area contributed by atoms with E-state index in [4.69, 9.17) is 8.94 Å². The number of nitrogens with zero attached hydrogens (tertiary/aromatic N) is 2. The van der Waals surface area contributed by atoms with Gasteiger partial charge < -0.3 is 24.0 Å². The number of hydrogen-bond acceptors (Lipinski definition) is 7. The molecule has 0 spiro atoms. The summed E-state index contributed by atoms with van der Waals surface area (Å²) in [4.78, 5) is 30.3. The van der Waals surface area contributed by atoms with Gasteiger partial charge >= 0.3 is 5.97 Å². The fourth-order valence-corrected chi connectivity index (χ4v) is 2.16. The normalized spacial score (nSPS) is 10.6. The molecule has 2 N–H and O–H groups in total. The lowest BCUT2D eigenvalue weighted by Gasteiger charge is -2.01. The average molecular weight is 344 g/mol. The standard InChI is InChI=1S/C16H16N4O5/c1-23-16(22)11-9-18-14(19-11)5-2-6-17-15(21)10-8-13(25-20-10)12-4-3-7-24-12/h3-4,7-9H,2,5-6H2,1H3,(H,17,21)(H,18,19). The summed E-state index contributed by atoms with van der Waals surface area (Å²) in [6.07, 6.45) is 4.22. The van der Waals surface area contributed by atoms with Crippen molar-refractivity contribution in [3.8, 4) is 11.5 Å². The number of aryl methyl sites for hydroxylation is 1. The van der Waals surface area contributed by atoms with Gasteiger partial charge in [0.1, 0.15) is 5.82 Å². The van der Waals surface area contributed by atoms with Crippen LogP contribution in [0.4, 0.5) is 0 Å². The smallest absolute Gasteiger partial charge is 0.358 e. The average Bonchev–Trinajstić information content (AvgIpc) is 3.38. The first-order valence-electron chi connectivity index (χ1n) is 7.59. The molecule has 25 heavy (non-hydrogen) atoms. The number of amides is 1. The van der Waals surface area contributed by atoms with E-state index in [0.717, 1.165) is 0 Å². The van der Waals surface area contributed by atoms with Crippen LogP contribution in [0.3, 0.4) is 0 Å². The third-order valence-corrected chi connectivity index (χ3v) is 3.41. The molecule has 0 unspecified atom stereocenters. The summed E-state index contributed by atoms with van der Waals surface area (Å²) in [6, 6.07) is 4.95. The SMILES string of the molecule is COC(=O)c1c[nH]c(CCCNC(=O)c2cc(-c3ccco3)on2)n1. The van der Waals surface area contributed by atoms with E-state index in [9.17, 15) is 9.59 Å². The molecule has 0 aliphatic carbocycles. The molecule has 0 aliphatic rings. The topological polar surface area (TPSA) is 123 Å². The van der Waals surface area contributed by atoms with Crippen LogP contribution in [0.15, 0.2) is 39.6 Å². The second kappa shape index (κ2) is 7.47. The highest BCUT2D eigenvalue weighted by Gasteiger charge is 2.15. The van der Waals surface area contributed by atoms with Gasteiger partial charge in [0.2, 0.25) is 5.76 Å². The Morgan fingerprint density at radius 3 is 2.96 bits per heavy atom. The van der Waals surface area contributed by atoms with Crippen LogP contribution in [0.25, 0.3) is 11.5 Å². The number of aromatic nitrogens is 3. The van der Waals surface area contributed by atoms with Gasteiger partial charge in [0.15, 0.2) is 17.1 Å². The molecule has 0 saturated carbocycles. The lowest BCUT2D eigenvalue weighted by atomic mass is 10.2. The molecule has 0 radical (unpaired) electrons. The zero-order chi connectivity index (χ0) is 17.6. The summed E-state index contributed by atoms with van der Waals surface area (Å²) in [5.74, 6) is 0.716. The predicted molar refractivity (Wildman–Crippen MR) is 84.8 cm³/mol. The Labute approximate surface area is 142 Å². The maximum atomic E-state index is 12.0. The minimum Gasteiger partial charge on any atom is -0.464 e. The highest BCUT2D eigenvalue weighted by atomic mass is 16.5. The Hall–Kier alpha value is -3.36. The van der Waals surface area contributed by atoms with Gasteiger partial charge in [-0.1, -0.05) is 5.16 Å². The van der Waals surface area contributed by atoms with Crippen molar-refractivity contribution in [2.45, 2.75) is 12.8 Å². The van der Waals surface area contributed by atoms with Crippen molar-refractivity contribution in [3.63, 3.8) is 0 Å². The van der Waals surface area contributed by atoms with E-state index in [-0.39, 0.29) is 17.3 Å². The van der Waals surface area contributed by atoms with E-state index in [1.807, 2.05) is 0 Å². The summed E-state index contributed by atoms with van der Waals surface area (Å²) < 4.78 is 14.8. The van der Waals surface area contributed by atoms with Gasteiger partial charge in [-0.2, -0.15) is 0 Å². The van der Waals surface area contributed by atoms with Crippen LogP contribution in [0.2, 0.25) is 0 Å². The van der Waals surface area contributed by atoms with Crippen LogP contribution in [-0.4, -0.2) is 40.7 Å². The van der Waals surface area contributed by atoms with Crippen molar-refractivity contribution in [2.24, 2.45) is 0 Å². The molecule has 0 atom stereocenters. The minimum absolute atomic E-state index is 0.178. The second-order valence-corrected chi connectivity index (χ2v) is 5.14. The summed E-state index contributed by atoms with van der Waals surface area (Å²) in [5.41, 5.74) is 0.409. The minimum atomic E-state index is -0.491. The Morgan fingerprint density at radius 1 is 1.32 bits per heavy atom. The van der Waals surface area contributed by atoms with Gasteiger partial charge in [0.05, 0.1) is 13.4 Å². The molecule has 0 bridgehead atoms. The molecule has 0 saturated heterocycles. The lowest BCUT2D eigenvalue weighted by Crippen LogP contribution is -2.25. The number of furan rings is 1. The molecule has 0 aliphatic heterocycles. The van der Waals surface area contributed by atoms with Crippen LogP contribution in [0.5, 0.6) is 0 Å². The molecule has 0 aromatic carbocycles. The Balaban J connectivity index is 1.45. The fraction of sp³-hybridized carbons (Fsp3) is 0.250. The number of carbonyl (C=O) groups excluding carboxylic acids is 2. The van der Waals surface area contributed by atoms with Crippen molar-refractivity contribution in [1.29, 1.82) is 0 Å². The zero-order valence-corrected chi connectivity index (χ0v) is 13.4. The van der Waals surface area contributed by atoms with Crippen LogP contribution in [-0.2, 0) is 11.2 Å². The molecule has 3 heterocycles. The number of imidazole rings is 1. The Kier molecular flexibility index (Phi) is 4.93. The molecule has 130 valence electrons. The monoisotopic (exact) mass is 344 g/mol. The molecule has 0 fully saturated rings. The van der Waals surface area contributed by atoms with E-state index in [1.54, 1.807) is 12.1 Å². The first kappa shape index (κ1) is 16.5. The van der Waals surface area contributed by atoms with Gasteiger partial charge in [-0.25, -0.2) is 9.78 Å². The molecular weight excluding hydrogens is 328 g/mol. The summed E-state index contributed by atoms with van der Waals surface area (Å²) in [5, 5.41) is 6.47. The molecule has 1 amide bonds. The van der Waals surface area contributed by atoms with Gasteiger partial charge in [0, 0.05) is 25.2 Å². The van der Waals surface area contributed by atoms with Crippen molar-refractivity contribution in [1.82, 2.24) is 20.4 Å². The number of rotatable bonds is 7. The quantitative estimate of drug-likeness (QED) is 0.495. The van der Waals surface area contributed by atoms with Crippen LogP contribution in [0, 0.1) is 0 Å². The van der Waals surface area contributed by atoms with E-state index < -0.39 is 5.97 Å². The van der Waals surface area contributed by atoms with Crippen molar-refractivity contribution in [2.75, 3.05) is 13.7 Å². The maximum absolute atomic E-state index is 12.0. The molecule has 9 nitrogen and oxygen atoms in total. The van der Waals surface area contributed by atoms with Gasteiger partial charge in [0.25, 0.3) is 5.91 Å². The van der Waals surface area contributed by atoms with E-state index in [1.165, 1.54) is 25.6 Å². The predicted octanol–water partition coefficient (Wildman–Crippen LogP) is 1.81. The Bertz CT molecular complexity index is 850. The van der Waals surface area contributed by atoms with E-state index in [2.05, 4.69) is 25.2 Å². The first-order valence-corrected chi connectivity index (χ1v) is 7.59. The summed E-state index contributed by atoms with van der Waals surface area (Å²) in [6.45, 7) is 0.427.